The number of carbonyl (C=O) groups excluding carboxylic acids is 3. The van der Waals surface area contributed by atoms with Gasteiger partial charge < -0.3 is 15.0 Å². The summed E-state index contributed by atoms with van der Waals surface area (Å²) in [6.07, 6.45) is 4.32. The predicted molar refractivity (Wildman–Crippen MR) is 103 cm³/mol. The summed E-state index contributed by atoms with van der Waals surface area (Å²) < 4.78 is 5.81. The first-order chi connectivity index (χ1) is 12.5. The molecule has 0 aromatic heterocycles. The molecule has 1 aromatic rings. The first kappa shape index (κ1) is 20.2. The van der Waals surface area contributed by atoms with Crippen LogP contribution >= 0.6 is 15.9 Å². The summed E-state index contributed by atoms with van der Waals surface area (Å²) in [7, 11) is 0. The molecule has 1 saturated heterocycles. The maximum atomic E-state index is 12.7. The van der Waals surface area contributed by atoms with Crippen molar-refractivity contribution < 1.29 is 19.1 Å². The number of ether oxygens (including phenoxy) is 1. The summed E-state index contributed by atoms with van der Waals surface area (Å²) in [6, 6.07) is 6.60. The SMILES string of the molecule is C/C=C\CC(NC(=O)C1CCN(c2ccccc2Br)C1=O)C(=O)OCC. The van der Waals surface area contributed by atoms with Crippen LogP contribution in [0.15, 0.2) is 40.9 Å². The molecule has 1 aliphatic heterocycles. The third-order valence-electron chi connectivity index (χ3n) is 4.16. The van der Waals surface area contributed by atoms with Gasteiger partial charge in [-0.25, -0.2) is 4.79 Å². The lowest BCUT2D eigenvalue weighted by Gasteiger charge is -2.20. The smallest absolute Gasteiger partial charge is 0.328 e. The van der Waals surface area contributed by atoms with Gasteiger partial charge in [0.15, 0.2) is 0 Å². The second-order valence-electron chi connectivity index (χ2n) is 5.90. The van der Waals surface area contributed by atoms with Gasteiger partial charge in [-0.2, -0.15) is 0 Å². The Kier molecular flexibility index (Phi) is 7.38. The third-order valence-corrected chi connectivity index (χ3v) is 4.83. The molecule has 7 heteroatoms. The van der Waals surface area contributed by atoms with Crippen LogP contribution < -0.4 is 10.2 Å². The Hall–Kier alpha value is -2.15. The highest BCUT2D eigenvalue weighted by atomic mass is 79.9. The van der Waals surface area contributed by atoms with E-state index in [0.29, 0.717) is 19.4 Å². The van der Waals surface area contributed by atoms with Crippen molar-refractivity contribution >= 4 is 39.4 Å². The van der Waals surface area contributed by atoms with Gasteiger partial charge in [-0.1, -0.05) is 24.3 Å². The molecular weight excluding hydrogens is 400 g/mol. The molecule has 140 valence electrons. The van der Waals surface area contributed by atoms with Gasteiger partial charge in [0.2, 0.25) is 11.8 Å². The summed E-state index contributed by atoms with van der Waals surface area (Å²) in [6.45, 7) is 4.24. The van der Waals surface area contributed by atoms with Crippen LogP contribution in [-0.2, 0) is 19.1 Å². The Morgan fingerprint density at radius 3 is 2.81 bits per heavy atom. The predicted octanol–water partition coefficient (Wildman–Crippen LogP) is 2.82. The Morgan fingerprint density at radius 2 is 2.15 bits per heavy atom. The quantitative estimate of drug-likeness (QED) is 0.416. The minimum absolute atomic E-state index is 0.235. The number of nitrogens with zero attached hydrogens (tertiary/aromatic N) is 1. The normalized spacial score (nSPS) is 18.2. The van der Waals surface area contributed by atoms with Gasteiger partial charge in [0.25, 0.3) is 0 Å². The van der Waals surface area contributed by atoms with E-state index in [1.807, 2.05) is 31.2 Å². The number of nitrogens with one attached hydrogen (secondary N) is 1. The first-order valence-corrected chi connectivity index (χ1v) is 9.43. The molecule has 26 heavy (non-hydrogen) atoms. The fourth-order valence-electron chi connectivity index (χ4n) is 2.83. The molecule has 0 saturated carbocycles. The number of carbonyl (C=O) groups is 3. The van der Waals surface area contributed by atoms with E-state index in [9.17, 15) is 14.4 Å². The number of amides is 2. The van der Waals surface area contributed by atoms with Gasteiger partial charge >= 0.3 is 5.97 Å². The molecule has 6 nitrogen and oxygen atoms in total. The van der Waals surface area contributed by atoms with Gasteiger partial charge in [0.05, 0.1) is 12.3 Å². The van der Waals surface area contributed by atoms with Crippen LogP contribution in [0, 0.1) is 5.92 Å². The summed E-state index contributed by atoms with van der Waals surface area (Å²) in [5, 5.41) is 2.67. The Labute approximate surface area is 161 Å². The van der Waals surface area contributed by atoms with E-state index in [2.05, 4.69) is 21.2 Å². The van der Waals surface area contributed by atoms with Crippen LogP contribution in [0.5, 0.6) is 0 Å². The fourth-order valence-corrected chi connectivity index (χ4v) is 3.33. The zero-order valence-corrected chi connectivity index (χ0v) is 16.5. The van der Waals surface area contributed by atoms with Gasteiger partial charge in [-0.15, -0.1) is 0 Å². The van der Waals surface area contributed by atoms with E-state index < -0.39 is 23.8 Å². The minimum atomic E-state index is -0.801. The van der Waals surface area contributed by atoms with Crippen molar-refractivity contribution in [2.24, 2.45) is 5.92 Å². The number of esters is 1. The molecule has 2 unspecified atom stereocenters. The molecule has 1 N–H and O–H groups in total. The van der Waals surface area contributed by atoms with Crippen LogP contribution in [-0.4, -0.2) is 37.0 Å². The first-order valence-electron chi connectivity index (χ1n) is 8.63. The van der Waals surface area contributed by atoms with Gasteiger partial charge in [-0.3, -0.25) is 9.59 Å². The second kappa shape index (κ2) is 9.52. The van der Waals surface area contributed by atoms with Crippen molar-refractivity contribution in [2.75, 3.05) is 18.1 Å². The molecular formula is C19H23BrN2O4. The number of allylic oxidation sites excluding steroid dienone is 1. The lowest BCUT2D eigenvalue weighted by atomic mass is 10.1. The zero-order chi connectivity index (χ0) is 19.1. The van der Waals surface area contributed by atoms with Crippen molar-refractivity contribution in [1.29, 1.82) is 0 Å². The minimum Gasteiger partial charge on any atom is -0.464 e. The van der Waals surface area contributed by atoms with Gasteiger partial charge in [0.1, 0.15) is 12.0 Å². The van der Waals surface area contributed by atoms with Gasteiger partial charge in [-0.05, 0) is 54.8 Å². The zero-order valence-electron chi connectivity index (χ0n) is 14.9. The molecule has 0 spiro atoms. The van der Waals surface area contributed by atoms with Crippen LogP contribution in [0.1, 0.15) is 26.7 Å². The van der Waals surface area contributed by atoms with Crippen molar-refractivity contribution in [3.05, 3.63) is 40.9 Å². The van der Waals surface area contributed by atoms with Crippen molar-refractivity contribution in [2.45, 2.75) is 32.7 Å². The highest BCUT2D eigenvalue weighted by molar-refractivity contribution is 9.10. The Bertz CT molecular complexity index is 705. The highest BCUT2D eigenvalue weighted by Gasteiger charge is 2.39. The molecule has 2 amide bonds. The Morgan fingerprint density at radius 1 is 1.42 bits per heavy atom. The summed E-state index contributed by atoms with van der Waals surface area (Å²) in [4.78, 5) is 38.9. The number of benzene rings is 1. The monoisotopic (exact) mass is 422 g/mol. The number of hydrogen-bond acceptors (Lipinski definition) is 4. The average molecular weight is 423 g/mol. The lowest BCUT2D eigenvalue weighted by Crippen LogP contribution is -2.46. The highest BCUT2D eigenvalue weighted by Crippen LogP contribution is 2.31. The number of hydrogen-bond donors (Lipinski definition) is 1. The van der Waals surface area contributed by atoms with E-state index >= 15 is 0 Å². The van der Waals surface area contributed by atoms with E-state index in [1.165, 1.54) is 0 Å². The van der Waals surface area contributed by atoms with Crippen molar-refractivity contribution in [3.8, 4) is 0 Å². The average Bonchev–Trinajstić information content (AvgIpc) is 3.00. The molecule has 1 heterocycles. The number of halogens is 1. The van der Waals surface area contributed by atoms with Crippen molar-refractivity contribution in [3.63, 3.8) is 0 Å². The maximum Gasteiger partial charge on any atom is 0.328 e. The van der Waals surface area contributed by atoms with E-state index in [0.717, 1.165) is 10.2 Å². The third kappa shape index (κ3) is 4.72. The van der Waals surface area contributed by atoms with Crippen molar-refractivity contribution in [1.82, 2.24) is 5.32 Å². The molecule has 1 fully saturated rings. The molecule has 0 aliphatic carbocycles. The number of anilines is 1. The second-order valence-corrected chi connectivity index (χ2v) is 6.75. The Balaban J connectivity index is 2.08. The van der Waals surface area contributed by atoms with E-state index in [-0.39, 0.29) is 12.5 Å². The van der Waals surface area contributed by atoms with Crippen LogP contribution in [0.25, 0.3) is 0 Å². The van der Waals surface area contributed by atoms with Crippen LogP contribution in [0.2, 0.25) is 0 Å². The number of para-hydroxylation sites is 1. The molecule has 1 aromatic carbocycles. The summed E-state index contributed by atoms with van der Waals surface area (Å²) in [5.41, 5.74) is 0.739. The molecule has 2 atom stereocenters. The molecule has 1 aliphatic rings. The largest absolute Gasteiger partial charge is 0.464 e. The topological polar surface area (TPSA) is 75.7 Å². The number of rotatable bonds is 7. The van der Waals surface area contributed by atoms with E-state index in [1.54, 1.807) is 24.0 Å². The summed E-state index contributed by atoms with van der Waals surface area (Å²) in [5.74, 6) is -1.99. The standard InChI is InChI=1S/C19H23BrN2O4/c1-3-5-9-15(19(25)26-4-2)21-17(23)13-11-12-22(18(13)24)16-10-7-6-8-14(16)20/h3,5-8,10,13,15H,4,9,11-12H2,1-2H3,(H,21,23)/b5-3-. The van der Waals surface area contributed by atoms with Gasteiger partial charge in [0, 0.05) is 11.0 Å². The van der Waals surface area contributed by atoms with E-state index in [4.69, 9.17) is 4.74 Å². The van der Waals surface area contributed by atoms with Crippen LogP contribution in [0.3, 0.4) is 0 Å². The maximum absolute atomic E-state index is 12.7. The fraction of sp³-hybridized carbons (Fsp3) is 0.421. The molecule has 0 radical (unpaired) electrons. The molecule has 0 bridgehead atoms. The lowest BCUT2D eigenvalue weighted by molar-refractivity contribution is -0.148. The summed E-state index contributed by atoms with van der Waals surface area (Å²) >= 11 is 3.43. The van der Waals surface area contributed by atoms with Crippen LogP contribution in [0.4, 0.5) is 5.69 Å². The molecule has 2 rings (SSSR count).